The minimum absolute atomic E-state index is 0.00448. The van der Waals surface area contributed by atoms with Crippen LogP contribution in [0, 0.1) is 0 Å². The highest BCUT2D eigenvalue weighted by Crippen LogP contribution is 2.25. The highest BCUT2D eigenvalue weighted by Gasteiger charge is 2.16. The number of ether oxygens (including phenoxy) is 2. The van der Waals surface area contributed by atoms with Gasteiger partial charge in [0.1, 0.15) is 5.75 Å². The van der Waals surface area contributed by atoms with Gasteiger partial charge in [-0.1, -0.05) is 30.3 Å². The van der Waals surface area contributed by atoms with Gasteiger partial charge in [0, 0.05) is 31.2 Å². The molecule has 35 heavy (non-hydrogen) atoms. The summed E-state index contributed by atoms with van der Waals surface area (Å²) in [5.74, 6) is 2.40. The van der Waals surface area contributed by atoms with Crippen LogP contribution >= 0.6 is 0 Å². The number of nitrogens with zero attached hydrogens (tertiary/aromatic N) is 4. The Kier molecular flexibility index (Phi) is 6.90. The fourth-order valence-corrected chi connectivity index (χ4v) is 4.36. The second-order valence-electron chi connectivity index (χ2n) is 8.52. The molecule has 1 saturated heterocycles. The van der Waals surface area contributed by atoms with Gasteiger partial charge in [0.05, 0.1) is 32.3 Å². The maximum atomic E-state index is 12.7. The van der Waals surface area contributed by atoms with Crippen molar-refractivity contribution >= 4 is 22.6 Å². The van der Waals surface area contributed by atoms with Crippen molar-refractivity contribution in [2.75, 3.05) is 44.9 Å². The number of amides is 1. The third-order valence-electron chi connectivity index (χ3n) is 6.26. The van der Waals surface area contributed by atoms with Gasteiger partial charge in [-0.25, -0.2) is 0 Å². The molecular formula is C27H29N5O3. The van der Waals surface area contributed by atoms with Gasteiger partial charge >= 0.3 is 0 Å². The van der Waals surface area contributed by atoms with Crippen LogP contribution in [0.4, 0.5) is 5.82 Å². The molecule has 2 aromatic carbocycles. The SMILES string of the molecule is COc1ccc(CCNC(=O)Cc2cn(-c3ccc(N4CCOCC4)nn3)c3ccccc23)cc1. The van der Waals surface area contributed by atoms with Gasteiger partial charge < -0.3 is 19.7 Å². The van der Waals surface area contributed by atoms with E-state index in [0.717, 1.165) is 58.9 Å². The molecule has 8 heteroatoms. The van der Waals surface area contributed by atoms with E-state index in [0.29, 0.717) is 26.2 Å². The third-order valence-corrected chi connectivity index (χ3v) is 6.26. The summed E-state index contributed by atoms with van der Waals surface area (Å²) in [6.45, 7) is 3.63. The van der Waals surface area contributed by atoms with E-state index in [1.165, 1.54) is 0 Å². The molecule has 1 fully saturated rings. The van der Waals surface area contributed by atoms with Gasteiger partial charge in [-0.15, -0.1) is 10.2 Å². The Morgan fingerprint density at radius 3 is 2.49 bits per heavy atom. The maximum absolute atomic E-state index is 12.7. The van der Waals surface area contributed by atoms with Gasteiger partial charge in [-0.05, 0) is 47.9 Å². The number of benzene rings is 2. The Hall–Kier alpha value is -3.91. The van der Waals surface area contributed by atoms with Crippen molar-refractivity contribution in [1.82, 2.24) is 20.1 Å². The summed E-state index contributed by atoms with van der Waals surface area (Å²) in [7, 11) is 1.65. The Labute approximate surface area is 204 Å². The zero-order chi connectivity index (χ0) is 24.0. The Morgan fingerprint density at radius 2 is 1.74 bits per heavy atom. The second kappa shape index (κ2) is 10.6. The van der Waals surface area contributed by atoms with Crippen molar-refractivity contribution in [3.05, 3.63) is 78.0 Å². The number of aromatic nitrogens is 3. The van der Waals surface area contributed by atoms with E-state index in [1.807, 2.05) is 71.4 Å². The number of para-hydroxylation sites is 1. The Morgan fingerprint density at radius 1 is 1.00 bits per heavy atom. The van der Waals surface area contributed by atoms with Gasteiger partial charge in [0.15, 0.2) is 11.6 Å². The normalized spacial score (nSPS) is 13.7. The van der Waals surface area contributed by atoms with Crippen molar-refractivity contribution in [1.29, 1.82) is 0 Å². The highest BCUT2D eigenvalue weighted by molar-refractivity contribution is 5.90. The summed E-state index contributed by atoms with van der Waals surface area (Å²) in [4.78, 5) is 14.9. The summed E-state index contributed by atoms with van der Waals surface area (Å²) in [5.41, 5.74) is 3.12. The first-order valence-electron chi connectivity index (χ1n) is 11.9. The summed E-state index contributed by atoms with van der Waals surface area (Å²) in [6, 6.07) is 19.9. The summed E-state index contributed by atoms with van der Waals surface area (Å²) in [6.07, 6.45) is 3.06. The standard InChI is InChI=1S/C27H29N5O3/c1-34-22-8-6-20(7-9-22)12-13-28-27(33)18-21-19-32(24-5-3-2-4-23(21)24)26-11-10-25(29-30-26)31-14-16-35-17-15-31/h2-11,19H,12-18H2,1H3,(H,28,33). The monoisotopic (exact) mass is 471 g/mol. The number of nitrogens with one attached hydrogen (secondary N) is 1. The number of carbonyl (C=O) groups excluding carboxylic acids is 1. The minimum Gasteiger partial charge on any atom is -0.497 e. The molecule has 1 aliphatic rings. The molecule has 0 aliphatic carbocycles. The lowest BCUT2D eigenvalue weighted by Gasteiger charge is -2.27. The first-order valence-corrected chi connectivity index (χ1v) is 11.9. The van der Waals surface area contributed by atoms with E-state index in [1.54, 1.807) is 7.11 Å². The van der Waals surface area contributed by atoms with E-state index in [-0.39, 0.29) is 5.91 Å². The third kappa shape index (κ3) is 5.27. The molecule has 1 N–H and O–H groups in total. The van der Waals surface area contributed by atoms with Crippen LogP contribution in [0.15, 0.2) is 66.9 Å². The molecule has 5 rings (SSSR count). The van der Waals surface area contributed by atoms with Crippen molar-refractivity contribution in [2.24, 2.45) is 0 Å². The lowest BCUT2D eigenvalue weighted by molar-refractivity contribution is -0.120. The first-order chi connectivity index (χ1) is 17.2. The molecule has 8 nitrogen and oxygen atoms in total. The van der Waals surface area contributed by atoms with Gasteiger partial charge in [-0.2, -0.15) is 0 Å². The van der Waals surface area contributed by atoms with Crippen LogP contribution in [-0.2, 0) is 22.4 Å². The van der Waals surface area contributed by atoms with Crippen molar-refractivity contribution in [2.45, 2.75) is 12.8 Å². The Balaban J connectivity index is 1.27. The number of rotatable bonds is 8. The fraction of sp³-hybridized carbons (Fsp3) is 0.296. The molecule has 180 valence electrons. The number of anilines is 1. The molecule has 1 aliphatic heterocycles. The van der Waals surface area contributed by atoms with E-state index in [4.69, 9.17) is 9.47 Å². The average Bonchev–Trinajstić information content (AvgIpc) is 3.28. The van der Waals surface area contributed by atoms with Crippen LogP contribution in [0.3, 0.4) is 0 Å². The smallest absolute Gasteiger partial charge is 0.224 e. The van der Waals surface area contributed by atoms with Gasteiger partial charge in [0.2, 0.25) is 5.91 Å². The molecule has 0 atom stereocenters. The predicted molar refractivity (Wildman–Crippen MR) is 135 cm³/mol. The largest absolute Gasteiger partial charge is 0.497 e. The van der Waals surface area contributed by atoms with Crippen molar-refractivity contribution in [3.63, 3.8) is 0 Å². The number of hydrogen-bond donors (Lipinski definition) is 1. The topological polar surface area (TPSA) is 81.5 Å². The summed E-state index contributed by atoms with van der Waals surface area (Å²) >= 11 is 0. The molecule has 1 amide bonds. The zero-order valence-electron chi connectivity index (χ0n) is 19.8. The number of hydrogen-bond acceptors (Lipinski definition) is 6. The average molecular weight is 472 g/mol. The summed E-state index contributed by atoms with van der Waals surface area (Å²) in [5, 5.41) is 13.0. The maximum Gasteiger partial charge on any atom is 0.224 e. The quantitative estimate of drug-likeness (QED) is 0.425. The molecular weight excluding hydrogens is 442 g/mol. The van der Waals surface area contributed by atoms with Crippen LogP contribution in [0.5, 0.6) is 5.75 Å². The van der Waals surface area contributed by atoms with E-state index in [2.05, 4.69) is 20.4 Å². The van der Waals surface area contributed by atoms with Crippen LogP contribution in [0.25, 0.3) is 16.7 Å². The van der Waals surface area contributed by atoms with Gasteiger partial charge in [0.25, 0.3) is 0 Å². The van der Waals surface area contributed by atoms with Crippen LogP contribution in [-0.4, -0.2) is 60.6 Å². The molecule has 2 aromatic heterocycles. The van der Waals surface area contributed by atoms with E-state index in [9.17, 15) is 4.79 Å². The lowest BCUT2D eigenvalue weighted by Crippen LogP contribution is -2.36. The second-order valence-corrected chi connectivity index (χ2v) is 8.52. The van der Waals surface area contributed by atoms with Crippen molar-refractivity contribution < 1.29 is 14.3 Å². The number of fused-ring (bicyclic) bond motifs is 1. The van der Waals surface area contributed by atoms with E-state index >= 15 is 0 Å². The molecule has 3 heterocycles. The molecule has 0 saturated carbocycles. The predicted octanol–water partition coefficient (Wildman–Crippen LogP) is 3.17. The lowest BCUT2D eigenvalue weighted by atomic mass is 10.1. The number of carbonyl (C=O) groups is 1. The minimum atomic E-state index is -0.00448. The van der Waals surface area contributed by atoms with Gasteiger partial charge in [-0.3, -0.25) is 9.36 Å². The van der Waals surface area contributed by atoms with Crippen LogP contribution in [0.2, 0.25) is 0 Å². The molecule has 0 bridgehead atoms. The highest BCUT2D eigenvalue weighted by atomic mass is 16.5. The molecule has 0 spiro atoms. The number of methoxy groups -OCH3 is 1. The van der Waals surface area contributed by atoms with Crippen LogP contribution in [0.1, 0.15) is 11.1 Å². The first kappa shape index (κ1) is 22.9. The zero-order valence-corrected chi connectivity index (χ0v) is 19.8. The molecule has 4 aromatic rings. The molecule has 0 unspecified atom stereocenters. The van der Waals surface area contributed by atoms with Crippen LogP contribution < -0.4 is 15.0 Å². The number of morpholine rings is 1. The summed E-state index contributed by atoms with van der Waals surface area (Å²) < 4.78 is 12.6. The van der Waals surface area contributed by atoms with Crippen molar-refractivity contribution in [3.8, 4) is 11.6 Å². The Bertz CT molecular complexity index is 1280. The fourth-order valence-electron chi connectivity index (χ4n) is 4.36. The molecule has 0 radical (unpaired) electrons. The van der Waals surface area contributed by atoms with E-state index < -0.39 is 0 Å².